The van der Waals surface area contributed by atoms with Gasteiger partial charge in [-0.05, 0) is 42.2 Å². The van der Waals surface area contributed by atoms with Crippen LogP contribution in [0.4, 0.5) is 0 Å². The largest absolute Gasteiger partial charge is 0.392 e. The molecule has 1 heterocycles. The zero-order valence-electron chi connectivity index (χ0n) is 14.1. The second-order valence-corrected chi connectivity index (χ2v) is 7.04. The molecule has 128 valence electrons. The Hall–Kier alpha value is -1.39. The third-order valence-electron chi connectivity index (χ3n) is 4.71. The van der Waals surface area contributed by atoms with Gasteiger partial charge in [0.2, 0.25) is 0 Å². The molecule has 1 fully saturated rings. The SMILES string of the molecule is C[C@H](NCc1ccccc1CN1CC[C@@H](O)C1)c1cccc(Cl)c1. The standard InChI is InChI=1S/C20H25ClN2O/c1-15(16-7-4-8-19(21)11-16)22-12-17-5-2-3-6-18(17)13-23-10-9-20(24)14-23/h2-8,11,15,20,22,24H,9-10,12-14H2,1H3/t15-,20+/m0/s1. The fourth-order valence-corrected chi connectivity index (χ4v) is 3.44. The number of nitrogens with zero attached hydrogens (tertiary/aromatic N) is 1. The first kappa shape index (κ1) is 17.4. The fraction of sp³-hybridized carbons (Fsp3) is 0.400. The molecule has 1 aliphatic heterocycles. The predicted molar refractivity (Wildman–Crippen MR) is 99.0 cm³/mol. The van der Waals surface area contributed by atoms with Gasteiger partial charge in [0.05, 0.1) is 6.10 Å². The van der Waals surface area contributed by atoms with Crippen LogP contribution in [0.5, 0.6) is 0 Å². The van der Waals surface area contributed by atoms with E-state index < -0.39 is 0 Å². The molecule has 0 aromatic heterocycles. The number of hydrogen-bond donors (Lipinski definition) is 2. The van der Waals surface area contributed by atoms with E-state index in [4.69, 9.17) is 11.6 Å². The third-order valence-corrected chi connectivity index (χ3v) is 4.94. The molecule has 2 atom stereocenters. The van der Waals surface area contributed by atoms with Crippen LogP contribution in [-0.2, 0) is 13.1 Å². The number of halogens is 1. The van der Waals surface area contributed by atoms with Crippen molar-refractivity contribution in [2.24, 2.45) is 0 Å². The van der Waals surface area contributed by atoms with Gasteiger partial charge in [0.15, 0.2) is 0 Å². The number of nitrogens with one attached hydrogen (secondary N) is 1. The third kappa shape index (κ3) is 4.58. The summed E-state index contributed by atoms with van der Waals surface area (Å²) < 4.78 is 0. The lowest BCUT2D eigenvalue weighted by atomic mass is 10.0. The molecule has 0 bridgehead atoms. The van der Waals surface area contributed by atoms with E-state index in [0.717, 1.165) is 37.6 Å². The number of aliphatic hydroxyl groups excluding tert-OH is 1. The van der Waals surface area contributed by atoms with Crippen LogP contribution >= 0.6 is 11.6 Å². The predicted octanol–water partition coefficient (Wildman–Crippen LogP) is 3.76. The zero-order chi connectivity index (χ0) is 16.9. The van der Waals surface area contributed by atoms with Crippen molar-refractivity contribution in [3.05, 3.63) is 70.2 Å². The summed E-state index contributed by atoms with van der Waals surface area (Å²) >= 11 is 6.08. The number of rotatable bonds is 6. The van der Waals surface area contributed by atoms with Gasteiger partial charge in [-0.15, -0.1) is 0 Å². The Morgan fingerprint density at radius 1 is 1.21 bits per heavy atom. The van der Waals surface area contributed by atoms with E-state index in [-0.39, 0.29) is 12.1 Å². The van der Waals surface area contributed by atoms with Gasteiger partial charge in [0.25, 0.3) is 0 Å². The van der Waals surface area contributed by atoms with Crippen molar-refractivity contribution in [3.63, 3.8) is 0 Å². The topological polar surface area (TPSA) is 35.5 Å². The van der Waals surface area contributed by atoms with Gasteiger partial charge < -0.3 is 10.4 Å². The quantitative estimate of drug-likeness (QED) is 0.837. The molecule has 4 heteroatoms. The Bertz CT molecular complexity index is 676. The molecule has 0 aliphatic carbocycles. The normalized spacial score (nSPS) is 19.5. The summed E-state index contributed by atoms with van der Waals surface area (Å²) in [7, 11) is 0. The zero-order valence-corrected chi connectivity index (χ0v) is 14.8. The first-order chi connectivity index (χ1) is 11.6. The summed E-state index contributed by atoms with van der Waals surface area (Å²) in [4.78, 5) is 2.32. The molecule has 0 amide bonds. The smallest absolute Gasteiger partial charge is 0.0679 e. The highest BCUT2D eigenvalue weighted by atomic mass is 35.5. The lowest BCUT2D eigenvalue weighted by Crippen LogP contribution is -2.24. The Morgan fingerprint density at radius 3 is 2.71 bits per heavy atom. The number of β-amino-alcohol motifs (C(OH)–C–C–N with tert-alkyl or cyclic N) is 1. The van der Waals surface area contributed by atoms with Gasteiger partial charge in [-0.25, -0.2) is 0 Å². The number of benzene rings is 2. The molecule has 1 aliphatic rings. The average Bonchev–Trinajstić information content (AvgIpc) is 2.99. The summed E-state index contributed by atoms with van der Waals surface area (Å²) in [5.74, 6) is 0. The number of likely N-dealkylation sites (tertiary alicyclic amines) is 1. The van der Waals surface area contributed by atoms with Crippen LogP contribution in [0.2, 0.25) is 5.02 Å². The van der Waals surface area contributed by atoms with Crippen LogP contribution in [-0.4, -0.2) is 29.2 Å². The summed E-state index contributed by atoms with van der Waals surface area (Å²) in [6.07, 6.45) is 0.713. The first-order valence-corrected chi connectivity index (χ1v) is 8.95. The summed E-state index contributed by atoms with van der Waals surface area (Å²) in [5, 5.41) is 14.1. The highest BCUT2D eigenvalue weighted by molar-refractivity contribution is 6.30. The van der Waals surface area contributed by atoms with E-state index in [1.54, 1.807) is 0 Å². The Morgan fingerprint density at radius 2 is 2.00 bits per heavy atom. The maximum absolute atomic E-state index is 9.71. The van der Waals surface area contributed by atoms with Crippen LogP contribution < -0.4 is 5.32 Å². The van der Waals surface area contributed by atoms with Crippen LogP contribution in [0.1, 0.15) is 36.1 Å². The average molecular weight is 345 g/mol. The first-order valence-electron chi connectivity index (χ1n) is 8.58. The monoisotopic (exact) mass is 344 g/mol. The van der Waals surface area contributed by atoms with E-state index in [9.17, 15) is 5.11 Å². The van der Waals surface area contributed by atoms with Crippen LogP contribution in [0, 0.1) is 0 Å². The number of hydrogen-bond acceptors (Lipinski definition) is 3. The minimum Gasteiger partial charge on any atom is -0.392 e. The van der Waals surface area contributed by atoms with Crippen molar-refractivity contribution >= 4 is 11.6 Å². The van der Waals surface area contributed by atoms with Crippen molar-refractivity contribution in [3.8, 4) is 0 Å². The van der Waals surface area contributed by atoms with E-state index in [0.29, 0.717) is 0 Å². The molecule has 2 aromatic carbocycles. The van der Waals surface area contributed by atoms with Crippen molar-refractivity contribution in [2.45, 2.75) is 38.6 Å². The second-order valence-electron chi connectivity index (χ2n) is 6.60. The minimum atomic E-state index is -0.168. The van der Waals surface area contributed by atoms with E-state index in [1.807, 2.05) is 18.2 Å². The Balaban J connectivity index is 1.62. The Labute approximate surface area is 149 Å². The highest BCUT2D eigenvalue weighted by Gasteiger charge is 2.20. The second kappa shape index (κ2) is 8.13. The molecule has 2 N–H and O–H groups in total. The van der Waals surface area contributed by atoms with Gasteiger partial charge in [-0.3, -0.25) is 4.90 Å². The van der Waals surface area contributed by atoms with E-state index in [2.05, 4.69) is 47.5 Å². The van der Waals surface area contributed by atoms with Crippen molar-refractivity contribution in [2.75, 3.05) is 13.1 Å². The molecule has 3 rings (SSSR count). The summed E-state index contributed by atoms with van der Waals surface area (Å²) in [6, 6.07) is 16.8. The van der Waals surface area contributed by atoms with Gasteiger partial charge >= 0.3 is 0 Å². The van der Waals surface area contributed by atoms with Crippen LogP contribution in [0.15, 0.2) is 48.5 Å². The van der Waals surface area contributed by atoms with Crippen molar-refractivity contribution in [1.82, 2.24) is 10.2 Å². The summed E-state index contributed by atoms with van der Waals surface area (Å²) in [6.45, 7) is 5.63. The van der Waals surface area contributed by atoms with E-state index in [1.165, 1.54) is 16.7 Å². The van der Waals surface area contributed by atoms with Crippen molar-refractivity contribution in [1.29, 1.82) is 0 Å². The molecule has 1 saturated heterocycles. The lowest BCUT2D eigenvalue weighted by molar-refractivity contribution is 0.174. The fourth-order valence-electron chi connectivity index (χ4n) is 3.24. The maximum Gasteiger partial charge on any atom is 0.0679 e. The maximum atomic E-state index is 9.71. The highest BCUT2D eigenvalue weighted by Crippen LogP contribution is 2.20. The molecular weight excluding hydrogens is 320 g/mol. The van der Waals surface area contributed by atoms with Crippen molar-refractivity contribution < 1.29 is 5.11 Å². The molecule has 0 radical (unpaired) electrons. The van der Waals surface area contributed by atoms with Gasteiger partial charge in [-0.1, -0.05) is 48.0 Å². The lowest BCUT2D eigenvalue weighted by Gasteiger charge is -2.20. The van der Waals surface area contributed by atoms with Crippen LogP contribution in [0.3, 0.4) is 0 Å². The molecule has 3 nitrogen and oxygen atoms in total. The molecule has 0 spiro atoms. The molecule has 0 unspecified atom stereocenters. The molecular formula is C20H25ClN2O. The Kier molecular flexibility index (Phi) is 5.90. The van der Waals surface area contributed by atoms with Gasteiger partial charge in [-0.2, -0.15) is 0 Å². The molecule has 24 heavy (non-hydrogen) atoms. The van der Waals surface area contributed by atoms with Crippen LogP contribution in [0.25, 0.3) is 0 Å². The molecule has 0 saturated carbocycles. The van der Waals surface area contributed by atoms with Gasteiger partial charge in [0.1, 0.15) is 0 Å². The van der Waals surface area contributed by atoms with E-state index >= 15 is 0 Å². The van der Waals surface area contributed by atoms with Gasteiger partial charge in [0, 0.05) is 37.2 Å². The molecule has 2 aromatic rings. The minimum absolute atomic E-state index is 0.168. The number of aliphatic hydroxyl groups is 1. The summed E-state index contributed by atoms with van der Waals surface area (Å²) in [5.41, 5.74) is 3.84.